The van der Waals surface area contributed by atoms with E-state index in [9.17, 15) is 4.79 Å². The number of nitrogens with zero attached hydrogens (tertiary/aromatic N) is 4. The van der Waals surface area contributed by atoms with Gasteiger partial charge in [-0.05, 0) is 37.1 Å². The van der Waals surface area contributed by atoms with Crippen molar-refractivity contribution in [2.24, 2.45) is 0 Å². The van der Waals surface area contributed by atoms with Crippen molar-refractivity contribution in [1.29, 1.82) is 0 Å². The standard InChI is InChI=1S/C16H16N4O2/c1-11-9-13-16(18-10-11)20(8-2-3-14(21)22)15(19-13)12-4-6-17-7-5-12/h4-7,9-10H,2-3,8H2,1H3,(H,21,22). The van der Waals surface area contributed by atoms with Gasteiger partial charge in [0.15, 0.2) is 5.65 Å². The molecule has 0 fully saturated rings. The highest BCUT2D eigenvalue weighted by atomic mass is 16.4. The van der Waals surface area contributed by atoms with Crippen LogP contribution in [0.25, 0.3) is 22.6 Å². The van der Waals surface area contributed by atoms with E-state index in [2.05, 4.69) is 15.0 Å². The highest BCUT2D eigenvalue weighted by molar-refractivity contribution is 5.77. The molecule has 0 aliphatic heterocycles. The summed E-state index contributed by atoms with van der Waals surface area (Å²) in [6.07, 6.45) is 5.90. The van der Waals surface area contributed by atoms with E-state index in [0.29, 0.717) is 13.0 Å². The Morgan fingerprint density at radius 3 is 2.82 bits per heavy atom. The normalized spacial score (nSPS) is 11.0. The molecule has 0 saturated heterocycles. The molecule has 3 aromatic heterocycles. The van der Waals surface area contributed by atoms with Crippen LogP contribution < -0.4 is 0 Å². The quantitative estimate of drug-likeness (QED) is 0.783. The van der Waals surface area contributed by atoms with Gasteiger partial charge < -0.3 is 9.67 Å². The summed E-state index contributed by atoms with van der Waals surface area (Å²) in [5, 5.41) is 8.83. The molecule has 22 heavy (non-hydrogen) atoms. The zero-order valence-electron chi connectivity index (χ0n) is 12.2. The molecule has 6 nitrogen and oxygen atoms in total. The minimum Gasteiger partial charge on any atom is -0.481 e. The smallest absolute Gasteiger partial charge is 0.303 e. The second-order valence-electron chi connectivity index (χ2n) is 5.18. The number of carboxylic acid groups (broad SMARTS) is 1. The third-order valence-electron chi connectivity index (χ3n) is 3.43. The summed E-state index contributed by atoms with van der Waals surface area (Å²) in [4.78, 5) is 23.9. The first-order valence-electron chi connectivity index (χ1n) is 7.10. The molecule has 0 saturated carbocycles. The first-order chi connectivity index (χ1) is 10.6. The number of aliphatic carboxylic acids is 1. The van der Waals surface area contributed by atoms with Crippen LogP contribution in [0.15, 0.2) is 36.8 Å². The largest absolute Gasteiger partial charge is 0.481 e. The molecular formula is C16H16N4O2. The van der Waals surface area contributed by atoms with Gasteiger partial charge in [0.05, 0.1) is 0 Å². The second-order valence-corrected chi connectivity index (χ2v) is 5.18. The van der Waals surface area contributed by atoms with Gasteiger partial charge in [-0.25, -0.2) is 9.97 Å². The molecule has 0 aliphatic carbocycles. The third kappa shape index (κ3) is 2.81. The molecule has 0 amide bonds. The Morgan fingerprint density at radius 1 is 1.32 bits per heavy atom. The van der Waals surface area contributed by atoms with E-state index in [-0.39, 0.29) is 6.42 Å². The van der Waals surface area contributed by atoms with Gasteiger partial charge >= 0.3 is 5.97 Å². The molecule has 1 N–H and O–H groups in total. The maximum atomic E-state index is 10.7. The van der Waals surface area contributed by atoms with Gasteiger partial charge in [0.1, 0.15) is 11.3 Å². The highest BCUT2D eigenvalue weighted by Crippen LogP contribution is 2.24. The van der Waals surface area contributed by atoms with Crippen LogP contribution in [-0.4, -0.2) is 30.6 Å². The molecule has 0 atom stereocenters. The number of rotatable bonds is 5. The number of carboxylic acids is 1. The Balaban J connectivity index is 2.07. The van der Waals surface area contributed by atoms with Gasteiger partial charge in [0, 0.05) is 37.1 Å². The van der Waals surface area contributed by atoms with Crippen molar-refractivity contribution in [2.45, 2.75) is 26.3 Å². The van der Waals surface area contributed by atoms with E-state index in [1.54, 1.807) is 18.6 Å². The maximum absolute atomic E-state index is 10.7. The zero-order chi connectivity index (χ0) is 15.5. The van der Waals surface area contributed by atoms with Crippen molar-refractivity contribution in [2.75, 3.05) is 0 Å². The average molecular weight is 296 g/mol. The summed E-state index contributed by atoms with van der Waals surface area (Å²) in [5.74, 6) is -0.000394. The van der Waals surface area contributed by atoms with Crippen LogP contribution in [0.5, 0.6) is 0 Å². The lowest BCUT2D eigenvalue weighted by atomic mass is 10.2. The number of fused-ring (bicyclic) bond motifs is 1. The summed E-state index contributed by atoms with van der Waals surface area (Å²) in [6.45, 7) is 2.54. The number of aryl methyl sites for hydroxylation is 2. The number of hydrogen-bond acceptors (Lipinski definition) is 4. The van der Waals surface area contributed by atoms with E-state index in [4.69, 9.17) is 5.11 Å². The van der Waals surface area contributed by atoms with E-state index in [0.717, 1.165) is 28.1 Å². The molecule has 0 aliphatic rings. The fraction of sp³-hybridized carbons (Fsp3) is 0.250. The first kappa shape index (κ1) is 14.2. The first-order valence-corrected chi connectivity index (χ1v) is 7.10. The van der Waals surface area contributed by atoms with Crippen molar-refractivity contribution >= 4 is 17.1 Å². The maximum Gasteiger partial charge on any atom is 0.303 e. The van der Waals surface area contributed by atoms with E-state index >= 15 is 0 Å². The molecule has 0 spiro atoms. The summed E-state index contributed by atoms with van der Waals surface area (Å²) in [6, 6.07) is 5.77. The van der Waals surface area contributed by atoms with Crippen molar-refractivity contribution in [3.63, 3.8) is 0 Å². The van der Waals surface area contributed by atoms with E-state index < -0.39 is 5.97 Å². The SMILES string of the molecule is Cc1cnc2c(c1)nc(-c1ccncc1)n2CCCC(=O)O. The Hall–Kier alpha value is -2.76. The van der Waals surface area contributed by atoms with Gasteiger partial charge in [-0.2, -0.15) is 0 Å². The highest BCUT2D eigenvalue weighted by Gasteiger charge is 2.14. The van der Waals surface area contributed by atoms with Crippen molar-refractivity contribution in [1.82, 2.24) is 19.5 Å². The minimum atomic E-state index is -0.793. The Labute approximate surface area is 127 Å². The third-order valence-corrected chi connectivity index (χ3v) is 3.43. The molecule has 0 radical (unpaired) electrons. The molecule has 0 bridgehead atoms. The summed E-state index contributed by atoms with van der Waals surface area (Å²) in [7, 11) is 0. The van der Waals surface area contributed by atoms with Crippen LogP contribution in [0.4, 0.5) is 0 Å². The molecule has 0 unspecified atom stereocenters. The lowest BCUT2D eigenvalue weighted by Crippen LogP contribution is -2.04. The molecule has 112 valence electrons. The molecule has 3 heterocycles. The van der Waals surface area contributed by atoms with Gasteiger partial charge in [-0.15, -0.1) is 0 Å². The van der Waals surface area contributed by atoms with Crippen LogP contribution in [0, 0.1) is 6.92 Å². The van der Waals surface area contributed by atoms with Gasteiger partial charge in [0.2, 0.25) is 0 Å². The summed E-state index contributed by atoms with van der Waals surface area (Å²) < 4.78 is 1.98. The fourth-order valence-electron chi connectivity index (χ4n) is 2.43. The van der Waals surface area contributed by atoms with Gasteiger partial charge in [-0.3, -0.25) is 9.78 Å². The predicted molar refractivity (Wildman–Crippen MR) is 82.4 cm³/mol. The van der Waals surface area contributed by atoms with Crippen LogP contribution >= 0.6 is 0 Å². The predicted octanol–water partition coefficient (Wildman–Crippen LogP) is 2.67. The number of carbonyl (C=O) groups is 1. The minimum absolute atomic E-state index is 0.126. The fourth-order valence-corrected chi connectivity index (χ4v) is 2.43. The summed E-state index contributed by atoms with van der Waals surface area (Å²) >= 11 is 0. The van der Waals surface area contributed by atoms with Crippen LogP contribution in [0.3, 0.4) is 0 Å². The Kier molecular flexibility index (Phi) is 3.82. The molecule has 0 aromatic carbocycles. The Bertz CT molecular complexity index is 812. The van der Waals surface area contributed by atoms with E-state index in [1.165, 1.54) is 0 Å². The molecular weight excluding hydrogens is 280 g/mol. The lowest BCUT2D eigenvalue weighted by molar-refractivity contribution is -0.137. The lowest BCUT2D eigenvalue weighted by Gasteiger charge is -2.07. The number of pyridine rings is 2. The van der Waals surface area contributed by atoms with Crippen LogP contribution in [0.1, 0.15) is 18.4 Å². The zero-order valence-corrected chi connectivity index (χ0v) is 12.2. The van der Waals surface area contributed by atoms with Crippen molar-refractivity contribution in [3.05, 3.63) is 42.4 Å². The van der Waals surface area contributed by atoms with Gasteiger partial charge in [0.25, 0.3) is 0 Å². The average Bonchev–Trinajstić information content (AvgIpc) is 2.86. The second kappa shape index (κ2) is 5.93. The Morgan fingerprint density at radius 2 is 2.09 bits per heavy atom. The van der Waals surface area contributed by atoms with Crippen molar-refractivity contribution < 1.29 is 9.90 Å². The molecule has 6 heteroatoms. The topological polar surface area (TPSA) is 80.9 Å². The van der Waals surface area contributed by atoms with Gasteiger partial charge in [-0.1, -0.05) is 0 Å². The molecule has 3 rings (SSSR count). The number of aromatic nitrogens is 4. The molecule has 3 aromatic rings. The monoisotopic (exact) mass is 296 g/mol. The number of hydrogen-bond donors (Lipinski definition) is 1. The van der Waals surface area contributed by atoms with Crippen LogP contribution in [-0.2, 0) is 11.3 Å². The summed E-state index contributed by atoms with van der Waals surface area (Å²) in [5.41, 5.74) is 3.59. The van der Waals surface area contributed by atoms with E-state index in [1.807, 2.05) is 29.7 Å². The van der Waals surface area contributed by atoms with Crippen molar-refractivity contribution in [3.8, 4) is 11.4 Å². The number of imidazole rings is 1. The van der Waals surface area contributed by atoms with Crippen LogP contribution in [0.2, 0.25) is 0 Å².